The van der Waals surface area contributed by atoms with Crippen molar-refractivity contribution in [2.75, 3.05) is 6.54 Å². The molecule has 0 saturated heterocycles. The summed E-state index contributed by atoms with van der Waals surface area (Å²) in [4.78, 5) is -0.0666. The molecule has 0 unspecified atom stereocenters. The molecule has 0 saturated carbocycles. The molecule has 0 aliphatic heterocycles. The first-order chi connectivity index (χ1) is 11.9. The van der Waals surface area contributed by atoms with Gasteiger partial charge in [-0.3, -0.25) is 4.55 Å². The van der Waals surface area contributed by atoms with Gasteiger partial charge < -0.3 is 5.73 Å². The molecule has 0 radical (unpaired) electrons. The van der Waals surface area contributed by atoms with Gasteiger partial charge in [-0.25, -0.2) is 4.68 Å². The Kier molecular flexibility index (Phi) is 6.46. The van der Waals surface area contributed by atoms with Gasteiger partial charge in [0.25, 0.3) is 10.1 Å². The quantitative estimate of drug-likeness (QED) is 0.698. The Morgan fingerprint density at radius 3 is 2.24 bits per heavy atom. The second kappa shape index (κ2) is 8.57. The number of nitrogens with zero attached hydrogens (tertiary/aromatic N) is 2. The highest BCUT2D eigenvalue weighted by atomic mass is 32.2. The Morgan fingerprint density at radius 2 is 1.68 bits per heavy atom. The zero-order valence-electron chi connectivity index (χ0n) is 13.9. The Bertz CT molecular complexity index is 889. The van der Waals surface area contributed by atoms with E-state index < -0.39 is 10.1 Å². The van der Waals surface area contributed by atoms with E-state index >= 15 is 0 Å². The van der Waals surface area contributed by atoms with Crippen LogP contribution in [0.4, 0.5) is 0 Å². The van der Waals surface area contributed by atoms with Crippen LogP contribution in [-0.4, -0.2) is 29.3 Å². The first-order valence-electron chi connectivity index (χ1n) is 7.74. The number of nitrogens with two attached hydrogens (primary N) is 1. The highest BCUT2D eigenvalue weighted by molar-refractivity contribution is 7.85. The lowest BCUT2D eigenvalue weighted by Crippen LogP contribution is -2.04. The third kappa shape index (κ3) is 5.82. The largest absolute Gasteiger partial charge is 0.330 e. The molecule has 0 spiro atoms. The van der Waals surface area contributed by atoms with Gasteiger partial charge in [0, 0.05) is 12.6 Å². The average molecular weight is 359 g/mol. The van der Waals surface area contributed by atoms with Gasteiger partial charge in [0.15, 0.2) is 0 Å². The molecule has 0 aliphatic carbocycles. The second-order valence-electron chi connectivity index (χ2n) is 5.41. The summed E-state index contributed by atoms with van der Waals surface area (Å²) in [5, 5.41) is 4.41. The van der Waals surface area contributed by atoms with Crippen LogP contribution in [0.25, 0.3) is 5.69 Å². The summed E-state index contributed by atoms with van der Waals surface area (Å²) in [6.07, 6.45) is 2.79. The minimum absolute atomic E-state index is 0.0666. The van der Waals surface area contributed by atoms with E-state index in [0.717, 1.165) is 23.4 Å². The SMILES string of the molecule is Cc1ccc(S(=O)(=O)O)cc1.NCCc1ccn(-c2ccccc2)n1. The number of benzene rings is 2. The van der Waals surface area contributed by atoms with Crippen LogP contribution in [0.1, 0.15) is 11.3 Å². The van der Waals surface area contributed by atoms with E-state index in [-0.39, 0.29) is 4.90 Å². The molecule has 0 fully saturated rings. The molecule has 2 aromatic carbocycles. The number of aromatic nitrogens is 2. The van der Waals surface area contributed by atoms with Crippen molar-refractivity contribution in [1.82, 2.24) is 9.78 Å². The molecule has 6 nitrogen and oxygen atoms in total. The Hall–Kier alpha value is -2.48. The summed E-state index contributed by atoms with van der Waals surface area (Å²) in [6, 6.07) is 18.0. The minimum atomic E-state index is -4.02. The summed E-state index contributed by atoms with van der Waals surface area (Å²) in [6.45, 7) is 2.49. The zero-order chi connectivity index (χ0) is 18.3. The molecule has 25 heavy (non-hydrogen) atoms. The first kappa shape index (κ1) is 18.9. The van der Waals surface area contributed by atoms with Crippen LogP contribution in [0.3, 0.4) is 0 Å². The maximum absolute atomic E-state index is 10.5. The van der Waals surface area contributed by atoms with E-state index in [4.69, 9.17) is 10.3 Å². The van der Waals surface area contributed by atoms with Crippen LogP contribution >= 0.6 is 0 Å². The fraction of sp³-hybridized carbons (Fsp3) is 0.167. The van der Waals surface area contributed by atoms with Crippen molar-refractivity contribution >= 4 is 10.1 Å². The molecule has 1 aromatic heterocycles. The van der Waals surface area contributed by atoms with Crippen molar-refractivity contribution < 1.29 is 13.0 Å². The second-order valence-corrected chi connectivity index (χ2v) is 6.84. The van der Waals surface area contributed by atoms with Crippen LogP contribution in [0.2, 0.25) is 0 Å². The molecule has 0 atom stereocenters. The smallest absolute Gasteiger partial charge is 0.294 e. The van der Waals surface area contributed by atoms with Crippen LogP contribution in [-0.2, 0) is 16.5 Å². The van der Waals surface area contributed by atoms with Crippen LogP contribution in [0.5, 0.6) is 0 Å². The summed E-state index contributed by atoms with van der Waals surface area (Å²) >= 11 is 0. The van der Waals surface area contributed by atoms with E-state index in [0.29, 0.717) is 6.54 Å². The van der Waals surface area contributed by atoms with Gasteiger partial charge in [-0.15, -0.1) is 0 Å². The van der Waals surface area contributed by atoms with Gasteiger partial charge in [0.2, 0.25) is 0 Å². The summed E-state index contributed by atoms with van der Waals surface area (Å²) in [7, 11) is -4.02. The molecule has 3 aromatic rings. The predicted molar refractivity (Wildman–Crippen MR) is 97.3 cm³/mol. The highest BCUT2D eigenvalue weighted by Gasteiger charge is 2.06. The molecule has 3 N–H and O–H groups in total. The minimum Gasteiger partial charge on any atom is -0.330 e. The van der Waals surface area contributed by atoms with Gasteiger partial charge in [-0.05, 0) is 43.8 Å². The van der Waals surface area contributed by atoms with Crippen molar-refractivity contribution in [3.63, 3.8) is 0 Å². The molecule has 0 bridgehead atoms. The zero-order valence-corrected chi connectivity index (χ0v) is 14.7. The molecular weight excluding hydrogens is 338 g/mol. The standard InChI is InChI=1S/C11H13N3.C7H8O3S/c12-8-6-10-7-9-14(13-10)11-4-2-1-3-5-11;1-6-2-4-7(5-3-6)11(8,9)10/h1-5,7,9H,6,8,12H2;2-5H,1H3,(H,8,9,10). The third-order valence-electron chi connectivity index (χ3n) is 3.38. The Balaban J connectivity index is 0.000000186. The van der Waals surface area contributed by atoms with E-state index in [1.54, 1.807) is 12.1 Å². The van der Waals surface area contributed by atoms with Gasteiger partial charge in [-0.2, -0.15) is 13.5 Å². The summed E-state index contributed by atoms with van der Waals surface area (Å²) in [5.41, 5.74) is 8.53. The van der Waals surface area contributed by atoms with Crippen LogP contribution in [0.15, 0.2) is 71.8 Å². The molecule has 0 aliphatic rings. The number of hydrogen-bond acceptors (Lipinski definition) is 4. The number of hydrogen-bond donors (Lipinski definition) is 2. The topological polar surface area (TPSA) is 98.2 Å². The average Bonchev–Trinajstić information content (AvgIpc) is 3.05. The number of para-hydroxylation sites is 1. The summed E-state index contributed by atoms with van der Waals surface area (Å²) in [5.74, 6) is 0. The first-order valence-corrected chi connectivity index (χ1v) is 9.18. The normalized spacial score (nSPS) is 10.8. The fourth-order valence-corrected chi connectivity index (χ4v) is 2.56. The van der Waals surface area contributed by atoms with Crippen molar-refractivity contribution in [3.8, 4) is 5.69 Å². The van der Waals surface area contributed by atoms with Crippen molar-refractivity contribution in [3.05, 3.63) is 78.1 Å². The lowest BCUT2D eigenvalue weighted by atomic mass is 10.2. The van der Waals surface area contributed by atoms with Gasteiger partial charge in [0.05, 0.1) is 16.3 Å². The van der Waals surface area contributed by atoms with Crippen molar-refractivity contribution in [2.45, 2.75) is 18.2 Å². The lowest BCUT2D eigenvalue weighted by Gasteiger charge is -1.99. The van der Waals surface area contributed by atoms with Gasteiger partial charge in [0.1, 0.15) is 0 Å². The van der Waals surface area contributed by atoms with Crippen molar-refractivity contribution in [1.29, 1.82) is 0 Å². The lowest BCUT2D eigenvalue weighted by molar-refractivity contribution is 0.483. The van der Waals surface area contributed by atoms with Gasteiger partial charge >= 0.3 is 0 Å². The molecule has 0 amide bonds. The van der Waals surface area contributed by atoms with Gasteiger partial charge in [-0.1, -0.05) is 35.9 Å². The third-order valence-corrected chi connectivity index (χ3v) is 4.25. The van der Waals surface area contributed by atoms with Crippen molar-refractivity contribution in [2.24, 2.45) is 5.73 Å². The maximum Gasteiger partial charge on any atom is 0.294 e. The summed E-state index contributed by atoms with van der Waals surface area (Å²) < 4.78 is 31.4. The van der Waals surface area contributed by atoms with Crippen LogP contribution < -0.4 is 5.73 Å². The molecule has 3 rings (SSSR count). The Morgan fingerprint density at radius 1 is 1.04 bits per heavy atom. The molecule has 7 heteroatoms. The Labute approximate surface area is 147 Å². The monoisotopic (exact) mass is 359 g/mol. The molecule has 1 heterocycles. The van der Waals surface area contributed by atoms with E-state index in [2.05, 4.69) is 5.10 Å². The van der Waals surface area contributed by atoms with E-state index in [1.807, 2.05) is 54.2 Å². The fourth-order valence-electron chi connectivity index (χ4n) is 2.08. The van der Waals surface area contributed by atoms with E-state index in [1.165, 1.54) is 12.1 Å². The predicted octanol–water partition coefficient (Wildman–Crippen LogP) is 2.62. The maximum atomic E-state index is 10.5. The van der Waals surface area contributed by atoms with Crippen LogP contribution in [0, 0.1) is 6.92 Å². The number of aryl methyl sites for hydroxylation is 1. The molecular formula is C18H21N3O3S. The number of rotatable bonds is 4. The highest BCUT2D eigenvalue weighted by Crippen LogP contribution is 2.08. The van der Waals surface area contributed by atoms with E-state index in [9.17, 15) is 8.42 Å². The molecule has 132 valence electrons.